The quantitative estimate of drug-likeness (QED) is 0.406. The Bertz CT molecular complexity index is 746. The van der Waals surface area contributed by atoms with Gasteiger partial charge in [-0.15, -0.1) is 0 Å². The van der Waals surface area contributed by atoms with Crippen molar-refractivity contribution in [1.29, 1.82) is 0 Å². The number of nitrogens with one attached hydrogen (secondary N) is 1. The summed E-state index contributed by atoms with van der Waals surface area (Å²) in [7, 11) is 0. The monoisotopic (exact) mass is 395 g/mol. The molecule has 2 N–H and O–H groups in total. The molecule has 2 aromatic carbocycles. The zero-order chi connectivity index (χ0) is 20.5. The number of ether oxygens (including phenoxy) is 1. The van der Waals surface area contributed by atoms with E-state index in [1.54, 1.807) is 12.1 Å². The van der Waals surface area contributed by atoms with E-state index >= 15 is 0 Å². The molecule has 1 heterocycles. The first-order chi connectivity index (χ1) is 14.1. The molecule has 2 unspecified atom stereocenters. The van der Waals surface area contributed by atoms with Gasteiger partial charge >= 0.3 is 0 Å². The molecule has 0 saturated carbocycles. The van der Waals surface area contributed by atoms with Gasteiger partial charge in [0.25, 0.3) is 0 Å². The minimum atomic E-state index is -0.196. The summed E-state index contributed by atoms with van der Waals surface area (Å²) in [6.45, 7) is 5.33. The van der Waals surface area contributed by atoms with Gasteiger partial charge in [-0.2, -0.15) is 0 Å². The number of fused-ring (bicyclic) bond motifs is 1. The largest absolute Gasteiger partial charge is 0.508 e. The molecule has 1 aliphatic heterocycles. The van der Waals surface area contributed by atoms with Crippen LogP contribution in [-0.4, -0.2) is 10.7 Å². The van der Waals surface area contributed by atoms with Gasteiger partial charge in [-0.1, -0.05) is 81.8 Å². The molecule has 3 nitrogen and oxygen atoms in total. The summed E-state index contributed by atoms with van der Waals surface area (Å²) >= 11 is 0. The van der Waals surface area contributed by atoms with Gasteiger partial charge in [0.2, 0.25) is 0 Å². The molecule has 2 aromatic rings. The maximum Gasteiger partial charge on any atom is 0.128 e. The first kappa shape index (κ1) is 21.7. The molecular weight excluding hydrogens is 358 g/mol. The Labute approximate surface area is 176 Å². The van der Waals surface area contributed by atoms with Crippen LogP contribution in [0.5, 0.6) is 11.5 Å². The fourth-order valence-corrected chi connectivity index (χ4v) is 4.38. The van der Waals surface area contributed by atoms with Crippen LogP contribution < -0.4 is 10.1 Å². The summed E-state index contributed by atoms with van der Waals surface area (Å²) < 4.78 is 6.43. The highest BCUT2D eigenvalue weighted by Gasteiger charge is 2.36. The van der Waals surface area contributed by atoms with Crippen molar-refractivity contribution >= 4 is 0 Å². The van der Waals surface area contributed by atoms with Crippen molar-refractivity contribution in [3.05, 3.63) is 59.7 Å². The highest BCUT2D eigenvalue weighted by Crippen LogP contribution is 2.43. The van der Waals surface area contributed by atoms with E-state index in [2.05, 4.69) is 49.5 Å². The van der Waals surface area contributed by atoms with Gasteiger partial charge in [-0.3, -0.25) is 0 Å². The van der Waals surface area contributed by atoms with Gasteiger partial charge in [0.15, 0.2) is 0 Å². The standard InChI is InChI=1S/C26H37NO2/c1-3-4-5-6-7-8-12-17-26(2)19-24(27-20-21-13-10-9-11-14-21)23-16-15-22(28)18-25(23)29-26/h9-11,13-16,18,24,27-28H,3-8,12,17,19-20H2,1-2H3. The SMILES string of the molecule is CCCCCCCCCC1(C)CC(NCc2ccccc2)c2ccc(O)cc2O1. The average molecular weight is 396 g/mol. The molecule has 0 radical (unpaired) electrons. The second-order valence-electron chi connectivity index (χ2n) is 8.77. The van der Waals surface area contributed by atoms with Gasteiger partial charge in [0.1, 0.15) is 17.1 Å². The van der Waals surface area contributed by atoms with E-state index in [4.69, 9.17) is 4.74 Å². The van der Waals surface area contributed by atoms with Crippen LogP contribution in [0.15, 0.2) is 48.5 Å². The smallest absolute Gasteiger partial charge is 0.128 e. The molecule has 0 aromatic heterocycles. The predicted molar refractivity (Wildman–Crippen MR) is 120 cm³/mol. The second kappa shape index (κ2) is 10.7. The van der Waals surface area contributed by atoms with E-state index in [-0.39, 0.29) is 17.4 Å². The first-order valence-electron chi connectivity index (χ1n) is 11.4. The molecule has 29 heavy (non-hydrogen) atoms. The Morgan fingerprint density at radius 1 is 1.00 bits per heavy atom. The van der Waals surface area contributed by atoms with E-state index in [1.165, 1.54) is 50.5 Å². The van der Waals surface area contributed by atoms with Gasteiger partial charge in [0.05, 0.1) is 0 Å². The molecular formula is C26H37NO2. The van der Waals surface area contributed by atoms with Crippen LogP contribution in [0.4, 0.5) is 0 Å². The summed E-state index contributed by atoms with van der Waals surface area (Å²) in [5.74, 6) is 1.10. The molecule has 3 rings (SSSR count). The van der Waals surface area contributed by atoms with Crippen LogP contribution in [0.25, 0.3) is 0 Å². The summed E-state index contributed by atoms with van der Waals surface area (Å²) in [5.41, 5.74) is 2.24. The van der Waals surface area contributed by atoms with Crippen LogP contribution in [-0.2, 0) is 6.54 Å². The minimum Gasteiger partial charge on any atom is -0.508 e. The van der Waals surface area contributed by atoms with Crippen LogP contribution in [0, 0.1) is 0 Å². The molecule has 1 aliphatic rings. The third-order valence-corrected chi connectivity index (χ3v) is 6.07. The van der Waals surface area contributed by atoms with Gasteiger partial charge < -0.3 is 15.2 Å². The average Bonchev–Trinajstić information content (AvgIpc) is 2.71. The molecule has 158 valence electrons. The highest BCUT2D eigenvalue weighted by molar-refractivity contribution is 5.44. The number of unbranched alkanes of at least 4 members (excludes halogenated alkanes) is 6. The van der Waals surface area contributed by atoms with Crippen LogP contribution in [0.2, 0.25) is 0 Å². The minimum absolute atomic E-state index is 0.196. The van der Waals surface area contributed by atoms with Gasteiger partial charge in [-0.05, 0) is 31.4 Å². The van der Waals surface area contributed by atoms with E-state index < -0.39 is 0 Å². The normalized spacial score (nSPS) is 20.8. The van der Waals surface area contributed by atoms with E-state index in [0.29, 0.717) is 0 Å². The number of rotatable bonds is 11. The highest BCUT2D eigenvalue weighted by atomic mass is 16.5. The molecule has 2 atom stereocenters. The molecule has 0 bridgehead atoms. The number of benzene rings is 2. The van der Waals surface area contributed by atoms with Gasteiger partial charge in [0, 0.05) is 30.6 Å². The van der Waals surface area contributed by atoms with E-state index in [9.17, 15) is 5.11 Å². The molecule has 0 saturated heterocycles. The lowest BCUT2D eigenvalue weighted by Gasteiger charge is -2.40. The second-order valence-corrected chi connectivity index (χ2v) is 8.77. The molecule has 0 fully saturated rings. The van der Waals surface area contributed by atoms with Crippen molar-refractivity contribution < 1.29 is 9.84 Å². The lowest BCUT2D eigenvalue weighted by molar-refractivity contribution is 0.0366. The van der Waals surface area contributed by atoms with Crippen LogP contribution >= 0.6 is 0 Å². The third kappa shape index (κ3) is 6.50. The van der Waals surface area contributed by atoms with Crippen molar-refractivity contribution in [2.24, 2.45) is 0 Å². The maximum absolute atomic E-state index is 9.97. The summed E-state index contributed by atoms with van der Waals surface area (Å²) in [6.07, 6.45) is 11.2. The van der Waals surface area contributed by atoms with E-state index in [0.717, 1.165) is 30.7 Å². The topological polar surface area (TPSA) is 41.5 Å². The third-order valence-electron chi connectivity index (χ3n) is 6.07. The van der Waals surface area contributed by atoms with Crippen molar-refractivity contribution in [3.8, 4) is 11.5 Å². The molecule has 0 spiro atoms. The van der Waals surface area contributed by atoms with Crippen molar-refractivity contribution in [2.75, 3.05) is 0 Å². The fraction of sp³-hybridized carbons (Fsp3) is 0.538. The summed E-state index contributed by atoms with van der Waals surface area (Å²) in [5, 5.41) is 13.7. The molecule has 0 aliphatic carbocycles. The number of phenolic OH excluding ortho intramolecular Hbond substituents is 1. The Balaban J connectivity index is 1.60. The predicted octanol–water partition coefficient (Wildman–Crippen LogP) is 6.91. The van der Waals surface area contributed by atoms with Crippen LogP contribution in [0.1, 0.15) is 88.8 Å². The Hall–Kier alpha value is -2.00. The van der Waals surface area contributed by atoms with Crippen molar-refractivity contribution in [1.82, 2.24) is 5.32 Å². The Morgan fingerprint density at radius 3 is 2.48 bits per heavy atom. The first-order valence-corrected chi connectivity index (χ1v) is 11.4. The maximum atomic E-state index is 9.97. The number of aromatic hydroxyl groups is 1. The Kier molecular flexibility index (Phi) is 8.00. The number of hydrogen-bond acceptors (Lipinski definition) is 3. The lowest BCUT2D eigenvalue weighted by atomic mass is 9.84. The summed E-state index contributed by atoms with van der Waals surface area (Å²) in [6, 6.07) is 16.3. The van der Waals surface area contributed by atoms with E-state index in [1.807, 2.05) is 6.07 Å². The Morgan fingerprint density at radius 2 is 1.72 bits per heavy atom. The number of hydrogen-bond donors (Lipinski definition) is 2. The lowest BCUT2D eigenvalue weighted by Crippen LogP contribution is -2.41. The molecule has 3 heteroatoms. The number of phenols is 1. The zero-order valence-electron chi connectivity index (χ0n) is 18.1. The van der Waals surface area contributed by atoms with Gasteiger partial charge in [-0.25, -0.2) is 0 Å². The molecule has 0 amide bonds. The zero-order valence-corrected chi connectivity index (χ0v) is 18.1. The fourth-order valence-electron chi connectivity index (χ4n) is 4.38. The van der Waals surface area contributed by atoms with Crippen molar-refractivity contribution in [2.45, 2.75) is 89.8 Å². The van der Waals surface area contributed by atoms with Crippen LogP contribution in [0.3, 0.4) is 0 Å². The summed E-state index contributed by atoms with van der Waals surface area (Å²) in [4.78, 5) is 0. The van der Waals surface area contributed by atoms with Crippen molar-refractivity contribution in [3.63, 3.8) is 0 Å².